The van der Waals surface area contributed by atoms with Gasteiger partial charge in [0.15, 0.2) is 5.96 Å². The molecule has 1 aromatic rings. The van der Waals surface area contributed by atoms with Gasteiger partial charge in [0, 0.05) is 26.2 Å². The molecule has 0 saturated carbocycles. The van der Waals surface area contributed by atoms with Crippen molar-refractivity contribution in [2.45, 2.75) is 39.2 Å². The van der Waals surface area contributed by atoms with Crippen LogP contribution in [-0.4, -0.2) is 75.7 Å². The lowest BCUT2D eigenvalue weighted by Gasteiger charge is -2.26. The van der Waals surface area contributed by atoms with Crippen molar-refractivity contribution in [3.63, 3.8) is 0 Å². The van der Waals surface area contributed by atoms with Crippen LogP contribution >= 0.6 is 24.0 Å². The summed E-state index contributed by atoms with van der Waals surface area (Å²) in [6.45, 7) is 9.93. The van der Waals surface area contributed by atoms with Crippen LogP contribution in [0.25, 0.3) is 0 Å². The predicted octanol–water partition coefficient (Wildman–Crippen LogP) is 3.18. The van der Waals surface area contributed by atoms with Gasteiger partial charge >= 0.3 is 0 Å². The highest BCUT2D eigenvalue weighted by Gasteiger charge is 2.09. The number of likely N-dealkylation sites (tertiary alicyclic amines) is 1. The third-order valence-electron chi connectivity index (χ3n) is 4.87. The van der Waals surface area contributed by atoms with E-state index in [1.165, 1.54) is 37.9 Å². The molecule has 0 aliphatic carbocycles. The number of rotatable bonds is 11. The number of hydrogen-bond acceptors (Lipinski definition) is 4. The van der Waals surface area contributed by atoms with Gasteiger partial charge in [0.25, 0.3) is 0 Å². The molecule has 6 nitrogen and oxygen atoms in total. The van der Waals surface area contributed by atoms with E-state index in [0.29, 0.717) is 6.54 Å². The minimum Gasteiger partial charge on any atom is -0.494 e. The molecule has 0 spiro atoms. The Kier molecular flexibility index (Phi) is 14.1. The van der Waals surface area contributed by atoms with Gasteiger partial charge in [-0.05, 0) is 71.1 Å². The first kappa shape index (κ1) is 26.0. The first-order chi connectivity index (χ1) is 13.7. The van der Waals surface area contributed by atoms with Crippen LogP contribution < -0.4 is 15.4 Å². The first-order valence-corrected chi connectivity index (χ1v) is 10.8. The monoisotopic (exact) mass is 517 g/mol. The Bertz CT molecular complexity index is 559. The number of ether oxygens (including phenoxy) is 1. The second-order valence-electron chi connectivity index (χ2n) is 7.67. The van der Waals surface area contributed by atoms with Crippen LogP contribution in [0.1, 0.15) is 38.2 Å². The number of benzene rings is 1. The van der Waals surface area contributed by atoms with Crippen LogP contribution in [0.2, 0.25) is 0 Å². The predicted molar refractivity (Wildman–Crippen MR) is 134 cm³/mol. The maximum absolute atomic E-state index is 5.79. The van der Waals surface area contributed by atoms with Crippen LogP contribution in [0.5, 0.6) is 5.75 Å². The number of piperidine rings is 1. The second kappa shape index (κ2) is 15.7. The molecule has 0 amide bonds. The van der Waals surface area contributed by atoms with E-state index in [-0.39, 0.29) is 24.0 Å². The van der Waals surface area contributed by atoms with Crippen molar-refractivity contribution in [3.8, 4) is 5.75 Å². The summed E-state index contributed by atoms with van der Waals surface area (Å²) in [5.74, 6) is 1.82. The first-order valence-electron chi connectivity index (χ1n) is 10.8. The van der Waals surface area contributed by atoms with Crippen molar-refractivity contribution in [1.29, 1.82) is 0 Å². The number of hydrogen-bond donors (Lipinski definition) is 2. The Balaban J connectivity index is 0.00000420. The van der Waals surface area contributed by atoms with Crippen molar-refractivity contribution in [1.82, 2.24) is 20.4 Å². The largest absolute Gasteiger partial charge is 0.494 e. The lowest BCUT2D eigenvalue weighted by molar-refractivity contribution is 0.232. The topological polar surface area (TPSA) is 52.1 Å². The Morgan fingerprint density at radius 3 is 2.48 bits per heavy atom. The average molecular weight is 518 g/mol. The smallest absolute Gasteiger partial charge is 0.191 e. The van der Waals surface area contributed by atoms with E-state index in [0.717, 1.165) is 50.9 Å². The minimum atomic E-state index is 0. The highest BCUT2D eigenvalue weighted by atomic mass is 127. The van der Waals surface area contributed by atoms with E-state index in [1.807, 2.05) is 12.1 Å². The number of guanidine groups is 1. The van der Waals surface area contributed by atoms with E-state index >= 15 is 0 Å². The summed E-state index contributed by atoms with van der Waals surface area (Å²) in [5, 5.41) is 6.80. The highest BCUT2D eigenvalue weighted by molar-refractivity contribution is 14.0. The van der Waals surface area contributed by atoms with Crippen LogP contribution in [0.15, 0.2) is 29.3 Å². The summed E-state index contributed by atoms with van der Waals surface area (Å²) in [7, 11) is 4.17. The molecule has 29 heavy (non-hydrogen) atoms. The zero-order valence-corrected chi connectivity index (χ0v) is 20.8. The van der Waals surface area contributed by atoms with E-state index in [4.69, 9.17) is 9.73 Å². The molecule has 1 aromatic carbocycles. The lowest BCUT2D eigenvalue weighted by atomic mass is 10.1. The fourth-order valence-corrected chi connectivity index (χ4v) is 3.29. The molecule has 2 N–H and O–H groups in total. The quantitative estimate of drug-likeness (QED) is 0.205. The van der Waals surface area contributed by atoms with Crippen LogP contribution in [0, 0.1) is 0 Å². The van der Waals surface area contributed by atoms with Gasteiger partial charge in [-0.3, -0.25) is 0 Å². The van der Waals surface area contributed by atoms with Gasteiger partial charge in [0.05, 0.1) is 13.2 Å². The fraction of sp³-hybridized carbons (Fsp3) is 0.682. The summed E-state index contributed by atoms with van der Waals surface area (Å²) in [5.41, 5.74) is 1.19. The van der Waals surface area contributed by atoms with Crippen molar-refractivity contribution in [2.75, 3.05) is 60.0 Å². The molecule has 166 valence electrons. The number of aliphatic imine (C=N–C) groups is 1. The van der Waals surface area contributed by atoms with Crippen LogP contribution in [0.3, 0.4) is 0 Å². The SMILES string of the molecule is CCNC(=NCc1ccc(OCCCN(C)C)cc1)NCCN1CCCCC1.I. The molecule has 7 heteroatoms. The van der Waals surface area contributed by atoms with E-state index in [2.05, 4.69) is 53.6 Å². The van der Waals surface area contributed by atoms with Gasteiger partial charge in [0.1, 0.15) is 5.75 Å². The molecule has 1 saturated heterocycles. The Morgan fingerprint density at radius 2 is 1.83 bits per heavy atom. The van der Waals surface area contributed by atoms with E-state index in [9.17, 15) is 0 Å². The van der Waals surface area contributed by atoms with Gasteiger partial charge in [-0.1, -0.05) is 18.6 Å². The van der Waals surface area contributed by atoms with Gasteiger partial charge in [-0.25, -0.2) is 4.99 Å². The van der Waals surface area contributed by atoms with Crippen LogP contribution in [-0.2, 0) is 6.54 Å². The summed E-state index contributed by atoms with van der Waals surface area (Å²) in [4.78, 5) is 9.43. The second-order valence-corrected chi connectivity index (χ2v) is 7.67. The number of halogens is 1. The number of nitrogens with one attached hydrogen (secondary N) is 2. The third-order valence-corrected chi connectivity index (χ3v) is 4.87. The van der Waals surface area contributed by atoms with Crippen molar-refractivity contribution in [2.24, 2.45) is 4.99 Å². The summed E-state index contributed by atoms with van der Waals surface area (Å²) in [6, 6.07) is 8.28. The van der Waals surface area contributed by atoms with Gasteiger partial charge in [-0.2, -0.15) is 0 Å². The molecule has 1 aliphatic rings. The minimum absolute atomic E-state index is 0. The molecule has 0 radical (unpaired) electrons. The summed E-state index contributed by atoms with van der Waals surface area (Å²) in [6.07, 6.45) is 5.09. The van der Waals surface area contributed by atoms with Crippen molar-refractivity contribution >= 4 is 29.9 Å². The highest BCUT2D eigenvalue weighted by Crippen LogP contribution is 2.13. The standard InChI is InChI=1S/C22H39N5O.HI/c1-4-23-22(24-13-17-27-15-6-5-7-16-27)25-19-20-9-11-21(12-10-20)28-18-8-14-26(2)3;/h9-12H,4-8,13-19H2,1-3H3,(H2,23,24,25);1H. The Labute approximate surface area is 194 Å². The number of nitrogens with zero attached hydrogens (tertiary/aromatic N) is 3. The van der Waals surface area contributed by atoms with E-state index < -0.39 is 0 Å². The Morgan fingerprint density at radius 1 is 1.10 bits per heavy atom. The molecule has 0 bridgehead atoms. The van der Waals surface area contributed by atoms with E-state index in [1.54, 1.807) is 0 Å². The molecule has 1 fully saturated rings. The zero-order chi connectivity index (χ0) is 20.0. The molecule has 0 unspecified atom stereocenters. The summed E-state index contributed by atoms with van der Waals surface area (Å²) >= 11 is 0. The van der Waals surface area contributed by atoms with Crippen LogP contribution in [0.4, 0.5) is 0 Å². The maximum Gasteiger partial charge on any atom is 0.191 e. The average Bonchev–Trinajstić information content (AvgIpc) is 2.71. The zero-order valence-electron chi connectivity index (χ0n) is 18.5. The molecule has 1 aliphatic heterocycles. The van der Waals surface area contributed by atoms with Gasteiger partial charge in [0.2, 0.25) is 0 Å². The Hall–Kier alpha value is -1.06. The molecule has 2 rings (SSSR count). The lowest BCUT2D eigenvalue weighted by Crippen LogP contribution is -2.42. The van der Waals surface area contributed by atoms with Gasteiger partial charge < -0.3 is 25.2 Å². The fourth-order valence-electron chi connectivity index (χ4n) is 3.29. The third kappa shape index (κ3) is 11.6. The molecule has 0 aromatic heterocycles. The molecular formula is C22H40IN5O. The summed E-state index contributed by atoms with van der Waals surface area (Å²) < 4.78 is 5.79. The maximum atomic E-state index is 5.79. The molecular weight excluding hydrogens is 477 g/mol. The van der Waals surface area contributed by atoms with Gasteiger partial charge in [-0.15, -0.1) is 24.0 Å². The van der Waals surface area contributed by atoms with Crippen molar-refractivity contribution in [3.05, 3.63) is 29.8 Å². The molecule has 1 heterocycles. The normalized spacial score (nSPS) is 15.1. The van der Waals surface area contributed by atoms with Crippen molar-refractivity contribution < 1.29 is 4.74 Å². The molecule has 0 atom stereocenters.